The average Bonchev–Trinajstić information content (AvgIpc) is 3.33. The molecule has 29 heavy (non-hydrogen) atoms. The monoisotopic (exact) mass is 410 g/mol. The molecule has 0 spiro atoms. The Labute approximate surface area is 175 Å². The maximum absolute atomic E-state index is 13.9. The lowest BCUT2D eigenvalue weighted by atomic mass is 10.0. The standard InChI is InChI=1S/C22H23FN4OS/c1-15-14-16(8-9-17(15)23)27-21(19-7-5-11-26(19)12-13-28-2)20(25-22(27)29)18-6-3-4-10-24-18/h3-11,14,20-21H,12-13H2,1-2H3,(H,25,29). The van der Waals surface area contributed by atoms with E-state index < -0.39 is 0 Å². The van der Waals surface area contributed by atoms with Crippen LogP contribution in [0.5, 0.6) is 0 Å². The summed E-state index contributed by atoms with van der Waals surface area (Å²) in [4.78, 5) is 6.62. The van der Waals surface area contributed by atoms with Gasteiger partial charge in [-0.2, -0.15) is 0 Å². The minimum atomic E-state index is -0.229. The maximum Gasteiger partial charge on any atom is 0.174 e. The van der Waals surface area contributed by atoms with Gasteiger partial charge in [0.05, 0.1) is 18.3 Å². The fourth-order valence-corrected chi connectivity index (χ4v) is 4.15. The zero-order valence-electron chi connectivity index (χ0n) is 16.4. The molecule has 1 fully saturated rings. The van der Waals surface area contributed by atoms with Crippen LogP contribution in [0.1, 0.15) is 29.0 Å². The van der Waals surface area contributed by atoms with Crippen LogP contribution in [-0.4, -0.2) is 28.4 Å². The summed E-state index contributed by atoms with van der Waals surface area (Å²) in [5.41, 5.74) is 3.43. The van der Waals surface area contributed by atoms with Crippen molar-refractivity contribution in [2.45, 2.75) is 25.6 Å². The minimum absolute atomic E-state index is 0.130. The number of methoxy groups -OCH3 is 1. The number of ether oxygens (including phenoxy) is 1. The number of benzene rings is 1. The van der Waals surface area contributed by atoms with E-state index in [1.165, 1.54) is 6.07 Å². The van der Waals surface area contributed by atoms with E-state index in [9.17, 15) is 4.39 Å². The second-order valence-electron chi connectivity index (χ2n) is 7.05. The number of thiocarbonyl (C=S) groups is 1. The average molecular weight is 411 g/mol. The summed E-state index contributed by atoms with van der Waals surface area (Å²) in [6.07, 6.45) is 3.82. The number of hydrogen-bond acceptors (Lipinski definition) is 3. The van der Waals surface area contributed by atoms with Gasteiger partial charge >= 0.3 is 0 Å². The van der Waals surface area contributed by atoms with Gasteiger partial charge in [-0.05, 0) is 67.2 Å². The van der Waals surface area contributed by atoms with Crippen molar-refractivity contribution in [3.63, 3.8) is 0 Å². The first-order chi connectivity index (χ1) is 14.1. The zero-order valence-corrected chi connectivity index (χ0v) is 17.2. The predicted octanol–water partition coefficient (Wildman–Crippen LogP) is 4.15. The molecule has 2 unspecified atom stereocenters. The molecule has 7 heteroatoms. The normalized spacial score (nSPS) is 18.9. The smallest absolute Gasteiger partial charge is 0.174 e. The quantitative estimate of drug-likeness (QED) is 0.619. The zero-order chi connectivity index (χ0) is 20.4. The van der Waals surface area contributed by atoms with Crippen molar-refractivity contribution >= 4 is 23.0 Å². The van der Waals surface area contributed by atoms with Crippen molar-refractivity contribution in [1.29, 1.82) is 0 Å². The van der Waals surface area contributed by atoms with E-state index in [0.29, 0.717) is 17.3 Å². The van der Waals surface area contributed by atoms with Gasteiger partial charge in [0.2, 0.25) is 0 Å². The molecule has 3 heterocycles. The fourth-order valence-electron chi connectivity index (χ4n) is 3.80. The van der Waals surface area contributed by atoms with E-state index in [1.807, 2.05) is 36.5 Å². The summed E-state index contributed by atoms with van der Waals surface area (Å²) in [7, 11) is 1.69. The molecule has 3 aromatic rings. The molecule has 0 amide bonds. The first-order valence-corrected chi connectivity index (χ1v) is 9.91. The minimum Gasteiger partial charge on any atom is -0.383 e. The van der Waals surface area contributed by atoms with E-state index in [-0.39, 0.29) is 17.9 Å². The Kier molecular flexibility index (Phi) is 5.60. The molecule has 0 saturated carbocycles. The molecule has 0 radical (unpaired) electrons. The number of aryl methyl sites for hydroxylation is 1. The fraction of sp³-hybridized carbons (Fsp3) is 0.273. The molecule has 150 valence electrons. The number of nitrogens with one attached hydrogen (secondary N) is 1. The van der Waals surface area contributed by atoms with Crippen LogP contribution in [0.15, 0.2) is 60.9 Å². The number of nitrogens with zero attached hydrogens (tertiary/aromatic N) is 3. The van der Waals surface area contributed by atoms with Gasteiger partial charge in [0.25, 0.3) is 0 Å². The summed E-state index contributed by atoms with van der Waals surface area (Å²) in [5.74, 6) is -0.229. The predicted molar refractivity (Wildman–Crippen MR) is 115 cm³/mol. The van der Waals surface area contributed by atoms with Crippen molar-refractivity contribution in [2.24, 2.45) is 0 Å². The Balaban J connectivity index is 1.82. The molecular formula is C22H23FN4OS. The molecule has 1 aliphatic rings. The van der Waals surface area contributed by atoms with Crippen LogP contribution in [0.4, 0.5) is 10.1 Å². The highest BCUT2D eigenvalue weighted by Crippen LogP contribution is 2.41. The molecule has 1 N–H and O–H groups in total. The van der Waals surface area contributed by atoms with E-state index in [2.05, 4.69) is 25.8 Å². The molecule has 5 nitrogen and oxygen atoms in total. The number of anilines is 1. The Morgan fingerprint density at radius 3 is 2.79 bits per heavy atom. The third-order valence-corrected chi connectivity index (χ3v) is 5.54. The van der Waals surface area contributed by atoms with Gasteiger partial charge in [0.15, 0.2) is 5.11 Å². The van der Waals surface area contributed by atoms with Crippen LogP contribution in [0.25, 0.3) is 0 Å². The van der Waals surface area contributed by atoms with Crippen LogP contribution < -0.4 is 10.2 Å². The lowest BCUT2D eigenvalue weighted by Crippen LogP contribution is -2.30. The van der Waals surface area contributed by atoms with Gasteiger partial charge in [-0.15, -0.1) is 0 Å². The van der Waals surface area contributed by atoms with Crippen molar-refractivity contribution in [2.75, 3.05) is 18.6 Å². The molecule has 4 rings (SSSR count). The lowest BCUT2D eigenvalue weighted by Gasteiger charge is -2.29. The van der Waals surface area contributed by atoms with Gasteiger partial charge in [-0.1, -0.05) is 6.07 Å². The first-order valence-electron chi connectivity index (χ1n) is 9.51. The van der Waals surface area contributed by atoms with Gasteiger partial charge < -0.3 is 19.5 Å². The second kappa shape index (κ2) is 8.31. The third-order valence-electron chi connectivity index (χ3n) is 5.22. The van der Waals surface area contributed by atoms with E-state index in [1.54, 1.807) is 26.3 Å². The van der Waals surface area contributed by atoms with Crippen LogP contribution in [0.2, 0.25) is 0 Å². The maximum atomic E-state index is 13.9. The second-order valence-corrected chi connectivity index (χ2v) is 7.44. The van der Waals surface area contributed by atoms with Crippen molar-refractivity contribution in [3.8, 4) is 0 Å². The van der Waals surface area contributed by atoms with E-state index >= 15 is 0 Å². The number of halogens is 1. The van der Waals surface area contributed by atoms with E-state index in [4.69, 9.17) is 17.0 Å². The highest BCUT2D eigenvalue weighted by Gasteiger charge is 2.42. The SMILES string of the molecule is COCCn1cccc1C1C(c2ccccn2)NC(=S)N1c1ccc(F)c(C)c1. The van der Waals surface area contributed by atoms with Crippen LogP contribution >= 0.6 is 12.2 Å². The van der Waals surface area contributed by atoms with Gasteiger partial charge in [-0.3, -0.25) is 4.98 Å². The first kappa shape index (κ1) is 19.5. The van der Waals surface area contributed by atoms with Crippen molar-refractivity contribution in [1.82, 2.24) is 14.9 Å². The molecule has 0 aliphatic carbocycles. The molecule has 1 saturated heterocycles. The molecule has 0 bridgehead atoms. The summed E-state index contributed by atoms with van der Waals surface area (Å²) in [6.45, 7) is 3.10. The summed E-state index contributed by atoms with van der Waals surface area (Å²) in [5, 5.41) is 4.02. The summed E-state index contributed by atoms with van der Waals surface area (Å²) in [6, 6.07) is 14.8. The van der Waals surface area contributed by atoms with Crippen molar-refractivity contribution < 1.29 is 9.13 Å². The third kappa shape index (κ3) is 3.75. The number of hydrogen-bond donors (Lipinski definition) is 1. The number of rotatable bonds is 6. The lowest BCUT2D eigenvalue weighted by molar-refractivity contribution is 0.186. The highest BCUT2D eigenvalue weighted by molar-refractivity contribution is 7.80. The Bertz CT molecular complexity index is 1010. The molecule has 2 atom stereocenters. The van der Waals surface area contributed by atoms with Gasteiger partial charge in [0, 0.05) is 37.4 Å². The summed E-state index contributed by atoms with van der Waals surface area (Å²) < 4.78 is 21.3. The van der Waals surface area contributed by atoms with Crippen LogP contribution in [0, 0.1) is 12.7 Å². The van der Waals surface area contributed by atoms with Crippen LogP contribution in [0.3, 0.4) is 0 Å². The topological polar surface area (TPSA) is 42.3 Å². The Morgan fingerprint density at radius 2 is 2.07 bits per heavy atom. The largest absolute Gasteiger partial charge is 0.383 e. The molecule has 1 aliphatic heterocycles. The highest BCUT2D eigenvalue weighted by atomic mass is 32.1. The van der Waals surface area contributed by atoms with E-state index in [0.717, 1.165) is 23.6 Å². The van der Waals surface area contributed by atoms with Gasteiger partial charge in [-0.25, -0.2) is 4.39 Å². The van der Waals surface area contributed by atoms with Crippen molar-refractivity contribution in [3.05, 3.63) is 83.7 Å². The Hall–Kier alpha value is -2.77. The summed E-state index contributed by atoms with van der Waals surface area (Å²) >= 11 is 5.72. The molecular weight excluding hydrogens is 387 g/mol. The number of pyridine rings is 1. The van der Waals surface area contributed by atoms with Gasteiger partial charge in [0.1, 0.15) is 11.9 Å². The number of aromatic nitrogens is 2. The Morgan fingerprint density at radius 1 is 1.21 bits per heavy atom. The molecule has 2 aromatic heterocycles. The molecule has 1 aromatic carbocycles. The van der Waals surface area contributed by atoms with Crippen LogP contribution in [-0.2, 0) is 11.3 Å².